The van der Waals surface area contributed by atoms with Crippen molar-refractivity contribution in [3.63, 3.8) is 0 Å². The van der Waals surface area contributed by atoms with Gasteiger partial charge >= 0.3 is 0 Å². The second kappa shape index (κ2) is 4.87. The fourth-order valence-electron chi connectivity index (χ4n) is 4.15. The molecule has 2 aliphatic heterocycles. The van der Waals surface area contributed by atoms with Crippen LogP contribution in [-0.2, 0) is 4.74 Å². The van der Waals surface area contributed by atoms with Gasteiger partial charge in [0.1, 0.15) is 0 Å². The van der Waals surface area contributed by atoms with Crippen molar-refractivity contribution in [2.24, 2.45) is 17.1 Å². The standard InChI is InChI=1S/C14H26N2O/c15-9-13(12-3-1-2-4-12)16-10-14(11-16)5-7-17-8-6-14/h12-13H,1-11,15H2. The van der Waals surface area contributed by atoms with Crippen LogP contribution in [0.2, 0.25) is 0 Å². The third-order valence-electron chi connectivity index (χ3n) is 5.28. The first-order valence-corrected chi connectivity index (χ1v) is 7.35. The first-order valence-electron chi connectivity index (χ1n) is 7.35. The maximum Gasteiger partial charge on any atom is 0.0472 e. The van der Waals surface area contributed by atoms with E-state index in [0.29, 0.717) is 11.5 Å². The van der Waals surface area contributed by atoms with Crippen molar-refractivity contribution in [1.82, 2.24) is 4.90 Å². The molecule has 0 aromatic carbocycles. The topological polar surface area (TPSA) is 38.5 Å². The zero-order valence-corrected chi connectivity index (χ0v) is 10.9. The van der Waals surface area contributed by atoms with Crippen LogP contribution in [0.3, 0.4) is 0 Å². The second-order valence-electron chi connectivity index (χ2n) is 6.36. The van der Waals surface area contributed by atoms with E-state index in [1.165, 1.54) is 51.6 Å². The van der Waals surface area contributed by atoms with Gasteiger partial charge in [-0.05, 0) is 31.6 Å². The molecule has 3 fully saturated rings. The van der Waals surface area contributed by atoms with Crippen LogP contribution in [0.1, 0.15) is 38.5 Å². The number of rotatable bonds is 3. The Morgan fingerprint density at radius 1 is 1.18 bits per heavy atom. The van der Waals surface area contributed by atoms with E-state index in [-0.39, 0.29) is 0 Å². The molecule has 0 radical (unpaired) electrons. The lowest BCUT2D eigenvalue weighted by molar-refractivity contribution is -0.104. The third kappa shape index (κ3) is 2.25. The molecule has 1 unspecified atom stereocenters. The molecule has 0 aromatic rings. The largest absolute Gasteiger partial charge is 0.381 e. The smallest absolute Gasteiger partial charge is 0.0472 e. The van der Waals surface area contributed by atoms with Gasteiger partial charge in [0.2, 0.25) is 0 Å². The monoisotopic (exact) mass is 238 g/mol. The highest BCUT2D eigenvalue weighted by molar-refractivity contribution is 5.00. The Hall–Kier alpha value is -0.120. The van der Waals surface area contributed by atoms with Gasteiger partial charge < -0.3 is 10.5 Å². The van der Waals surface area contributed by atoms with Crippen LogP contribution in [0, 0.1) is 11.3 Å². The SMILES string of the molecule is NCC(C1CCCC1)N1CC2(CCOCC2)C1. The zero-order chi connectivity index (χ0) is 11.7. The average molecular weight is 238 g/mol. The maximum absolute atomic E-state index is 6.01. The zero-order valence-electron chi connectivity index (χ0n) is 10.9. The summed E-state index contributed by atoms with van der Waals surface area (Å²) >= 11 is 0. The molecule has 0 aromatic heterocycles. The average Bonchev–Trinajstić information content (AvgIpc) is 2.83. The number of ether oxygens (including phenoxy) is 1. The number of nitrogens with two attached hydrogens (primary N) is 1. The minimum absolute atomic E-state index is 0.601. The summed E-state index contributed by atoms with van der Waals surface area (Å²) in [7, 11) is 0. The normalized spacial score (nSPS) is 31.6. The molecule has 3 aliphatic rings. The van der Waals surface area contributed by atoms with Crippen molar-refractivity contribution in [1.29, 1.82) is 0 Å². The van der Waals surface area contributed by atoms with Crippen molar-refractivity contribution in [2.75, 3.05) is 32.8 Å². The van der Waals surface area contributed by atoms with Crippen molar-refractivity contribution < 1.29 is 4.74 Å². The fourth-order valence-corrected chi connectivity index (χ4v) is 4.15. The van der Waals surface area contributed by atoms with E-state index < -0.39 is 0 Å². The highest BCUT2D eigenvalue weighted by atomic mass is 16.5. The molecule has 2 heterocycles. The van der Waals surface area contributed by atoms with Gasteiger partial charge in [-0.1, -0.05) is 12.8 Å². The maximum atomic E-state index is 6.01. The van der Waals surface area contributed by atoms with E-state index in [1.54, 1.807) is 0 Å². The number of likely N-dealkylation sites (tertiary alicyclic amines) is 1. The summed E-state index contributed by atoms with van der Waals surface area (Å²) in [6.07, 6.45) is 8.21. The van der Waals surface area contributed by atoms with Gasteiger partial charge in [-0.2, -0.15) is 0 Å². The molecule has 1 aliphatic carbocycles. The van der Waals surface area contributed by atoms with E-state index in [1.807, 2.05) is 0 Å². The molecule has 98 valence electrons. The van der Waals surface area contributed by atoms with E-state index in [9.17, 15) is 0 Å². The molecular formula is C14H26N2O. The van der Waals surface area contributed by atoms with E-state index in [4.69, 9.17) is 10.5 Å². The summed E-state index contributed by atoms with van der Waals surface area (Å²) in [5, 5.41) is 0. The fraction of sp³-hybridized carbons (Fsp3) is 1.00. The lowest BCUT2D eigenvalue weighted by Crippen LogP contribution is -2.64. The molecule has 1 spiro atoms. The summed E-state index contributed by atoms with van der Waals surface area (Å²) in [5.74, 6) is 0.886. The molecule has 17 heavy (non-hydrogen) atoms. The molecule has 2 saturated heterocycles. The Balaban J connectivity index is 1.55. The highest BCUT2D eigenvalue weighted by Crippen LogP contribution is 2.43. The number of hydrogen-bond acceptors (Lipinski definition) is 3. The summed E-state index contributed by atoms with van der Waals surface area (Å²) in [6.45, 7) is 5.38. The predicted octanol–water partition coefficient (Wildman–Crippen LogP) is 1.62. The van der Waals surface area contributed by atoms with Gasteiger partial charge in [-0.25, -0.2) is 0 Å². The minimum Gasteiger partial charge on any atom is -0.381 e. The Labute approximate surface area is 105 Å². The Morgan fingerprint density at radius 3 is 2.41 bits per heavy atom. The Bertz CT molecular complexity index is 249. The summed E-state index contributed by atoms with van der Waals surface area (Å²) in [4.78, 5) is 2.67. The van der Waals surface area contributed by atoms with Crippen molar-refractivity contribution in [2.45, 2.75) is 44.6 Å². The van der Waals surface area contributed by atoms with Gasteiger partial charge in [0.05, 0.1) is 0 Å². The van der Waals surface area contributed by atoms with E-state index >= 15 is 0 Å². The number of hydrogen-bond donors (Lipinski definition) is 1. The Kier molecular flexibility index (Phi) is 3.42. The Morgan fingerprint density at radius 2 is 1.82 bits per heavy atom. The number of nitrogens with zero attached hydrogens (tertiary/aromatic N) is 1. The van der Waals surface area contributed by atoms with Gasteiger partial charge in [0, 0.05) is 44.3 Å². The summed E-state index contributed by atoms with van der Waals surface area (Å²) in [5.41, 5.74) is 6.62. The van der Waals surface area contributed by atoms with Gasteiger partial charge in [-0.3, -0.25) is 4.90 Å². The first kappa shape index (κ1) is 11.9. The molecule has 0 bridgehead atoms. The molecule has 1 saturated carbocycles. The molecule has 3 heteroatoms. The predicted molar refractivity (Wildman–Crippen MR) is 68.9 cm³/mol. The van der Waals surface area contributed by atoms with Gasteiger partial charge in [-0.15, -0.1) is 0 Å². The van der Waals surface area contributed by atoms with Crippen LogP contribution in [0.4, 0.5) is 0 Å². The molecule has 2 N–H and O–H groups in total. The van der Waals surface area contributed by atoms with Gasteiger partial charge in [0.25, 0.3) is 0 Å². The van der Waals surface area contributed by atoms with E-state index in [0.717, 1.165) is 25.7 Å². The summed E-state index contributed by atoms with van der Waals surface area (Å²) in [6, 6.07) is 0.672. The van der Waals surface area contributed by atoms with E-state index in [2.05, 4.69) is 4.90 Å². The van der Waals surface area contributed by atoms with Crippen LogP contribution in [-0.4, -0.2) is 43.8 Å². The van der Waals surface area contributed by atoms with Crippen molar-refractivity contribution >= 4 is 0 Å². The van der Waals surface area contributed by atoms with Crippen molar-refractivity contribution in [3.05, 3.63) is 0 Å². The minimum atomic E-state index is 0.601. The van der Waals surface area contributed by atoms with Crippen LogP contribution in [0.15, 0.2) is 0 Å². The van der Waals surface area contributed by atoms with Crippen LogP contribution in [0.25, 0.3) is 0 Å². The lowest BCUT2D eigenvalue weighted by atomic mass is 9.72. The molecule has 1 atom stereocenters. The lowest BCUT2D eigenvalue weighted by Gasteiger charge is -2.56. The molecule has 3 rings (SSSR count). The summed E-state index contributed by atoms with van der Waals surface area (Å²) < 4.78 is 5.48. The quantitative estimate of drug-likeness (QED) is 0.812. The third-order valence-corrected chi connectivity index (χ3v) is 5.28. The first-order chi connectivity index (χ1) is 8.33. The van der Waals surface area contributed by atoms with Gasteiger partial charge in [0.15, 0.2) is 0 Å². The van der Waals surface area contributed by atoms with Crippen molar-refractivity contribution in [3.8, 4) is 0 Å². The highest BCUT2D eigenvalue weighted by Gasteiger charge is 2.47. The van der Waals surface area contributed by atoms with Crippen LogP contribution in [0.5, 0.6) is 0 Å². The van der Waals surface area contributed by atoms with Crippen LogP contribution < -0.4 is 5.73 Å². The molecule has 3 nitrogen and oxygen atoms in total. The second-order valence-corrected chi connectivity index (χ2v) is 6.36. The molecular weight excluding hydrogens is 212 g/mol. The van der Waals surface area contributed by atoms with Crippen LogP contribution >= 0.6 is 0 Å². The molecule has 0 amide bonds.